The molecule has 0 aromatic carbocycles. The van der Waals surface area contributed by atoms with Crippen LogP contribution in [-0.4, -0.2) is 29.6 Å². The Morgan fingerprint density at radius 1 is 1.00 bits per heavy atom. The summed E-state index contributed by atoms with van der Waals surface area (Å²) in [4.78, 5) is 2.75. The predicted octanol–water partition coefficient (Wildman–Crippen LogP) is 4.72. The highest BCUT2D eigenvalue weighted by molar-refractivity contribution is 4.89. The molecule has 1 aliphatic rings. The van der Waals surface area contributed by atoms with Gasteiger partial charge in [0.05, 0.1) is 0 Å². The van der Waals surface area contributed by atoms with Gasteiger partial charge in [-0.15, -0.1) is 0 Å². The van der Waals surface area contributed by atoms with Gasteiger partial charge in [0.15, 0.2) is 0 Å². The van der Waals surface area contributed by atoms with E-state index < -0.39 is 0 Å². The van der Waals surface area contributed by atoms with E-state index in [0.717, 1.165) is 18.6 Å². The summed E-state index contributed by atoms with van der Waals surface area (Å²) in [5.41, 5.74) is 6.07. The molecular weight excluding hydrogens is 244 g/mol. The fraction of sp³-hybridized carbons (Fsp3) is 1.00. The normalized spacial score (nSPS) is 25.2. The Balaban J connectivity index is 2.21. The molecule has 20 heavy (non-hydrogen) atoms. The van der Waals surface area contributed by atoms with Crippen LogP contribution in [0.3, 0.4) is 0 Å². The van der Waals surface area contributed by atoms with E-state index in [1.165, 1.54) is 70.6 Å². The highest BCUT2D eigenvalue weighted by atomic mass is 15.2. The lowest BCUT2D eigenvalue weighted by molar-refractivity contribution is 0.127. The molecule has 0 aliphatic carbocycles. The average molecular weight is 283 g/mol. The van der Waals surface area contributed by atoms with Crippen molar-refractivity contribution >= 4 is 0 Å². The number of nitrogens with two attached hydrogens (primary N) is 1. The lowest BCUT2D eigenvalue weighted by Crippen LogP contribution is -2.46. The van der Waals surface area contributed by atoms with Crippen molar-refractivity contribution < 1.29 is 0 Å². The molecule has 1 heterocycles. The van der Waals surface area contributed by atoms with E-state index in [4.69, 9.17) is 5.73 Å². The molecule has 1 rings (SSSR count). The van der Waals surface area contributed by atoms with Crippen molar-refractivity contribution in [1.29, 1.82) is 0 Å². The van der Waals surface area contributed by atoms with Gasteiger partial charge in [0.1, 0.15) is 0 Å². The summed E-state index contributed by atoms with van der Waals surface area (Å²) in [5.74, 6) is 0. The minimum Gasteiger partial charge on any atom is -0.329 e. The van der Waals surface area contributed by atoms with Gasteiger partial charge < -0.3 is 5.73 Å². The standard InChI is InChI=1S/C18H38N2/c1-4-6-7-8-9-10-11-12-18(15-19)20-16(3)13-14-17(20)5-2/h16-18H,4-15,19H2,1-3H3. The van der Waals surface area contributed by atoms with Crippen LogP contribution in [0.25, 0.3) is 0 Å². The van der Waals surface area contributed by atoms with Crippen molar-refractivity contribution in [1.82, 2.24) is 4.90 Å². The molecule has 0 spiro atoms. The molecule has 0 saturated carbocycles. The Kier molecular flexibility index (Phi) is 9.54. The molecular formula is C18H38N2. The molecule has 0 aromatic rings. The topological polar surface area (TPSA) is 29.3 Å². The van der Waals surface area contributed by atoms with E-state index in [-0.39, 0.29) is 0 Å². The second kappa shape index (κ2) is 10.6. The SMILES string of the molecule is CCCCCCCCCC(CN)N1C(C)CCC1CC. The van der Waals surface area contributed by atoms with Crippen molar-refractivity contribution in [2.75, 3.05) is 6.54 Å². The number of likely N-dealkylation sites (tertiary alicyclic amines) is 1. The minimum atomic E-state index is 0.632. The molecule has 3 atom stereocenters. The molecule has 3 unspecified atom stereocenters. The van der Waals surface area contributed by atoms with Crippen molar-refractivity contribution in [3.05, 3.63) is 0 Å². The fourth-order valence-electron chi connectivity index (χ4n) is 3.89. The van der Waals surface area contributed by atoms with Gasteiger partial charge in [-0.3, -0.25) is 4.90 Å². The van der Waals surface area contributed by atoms with Crippen LogP contribution < -0.4 is 5.73 Å². The molecule has 1 aliphatic heterocycles. The first-order chi connectivity index (χ1) is 9.74. The monoisotopic (exact) mass is 282 g/mol. The highest BCUT2D eigenvalue weighted by Crippen LogP contribution is 2.29. The third kappa shape index (κ3) is 5.73. The maximum Gasteiger partial charge on any atom is 0.0224 e. The second-order valence-electron chi connectivity index (χ2n) is 6.74. The van der Waals surface area contributed by atoms with E-state index in [2.05, 4.69) is 25.7 Å². The van der Waals surface area contributed by atoms with Crippen LogP contribution in [0.15, 0.2) is 0 Å². The van der Waals surface area contributed by atoms with E-state index in [1.807, 2.05) is 0 Å². The Labute approximate surface area is 127 Å². The summed E-state index contributed by atoms with van der Waals surface area (Å²) in [6.45, 7) is 7.85. The zero-order chi connectivity index (χ0) is 14.8. The Hall–Kier alpha value is -0.0800. The Morgan fingerprint density at radius 2 is 1.65 bits per heavy atom. The first kappa shape index (κ1) is 18.0. The van der Waals surface area contributed by atoms with Crippen LogP contribution in [0.4, 0.5) is 0 Å². The molecule has 0 aromatic heterocycles. The van der Waals surface area contributed by atoms with Crippen molar-refractivity contribution in [2.24, 2.45) is 5.73 Å². The van der Waals surface area contributed by atoms with Crippen molar-refractivity contribution in [3.8, 4) is 0 Å². The quantitative estimate of drug-likeness (QED) is 0.556. The maximum atomic E-state index is 6.07. The van der Waals surface area contributed by atoms with Crippen molar-refractivity contribution in [2.45, 2.75) is 110 Å². The largest absolute Gasteiger partial charge is 0.329 e. The lowest BCUT2D eigenvalue weighted by atomic mass is 10.0. The van der Waals surface area contributed by atoms with Gasteiger partial charge in [0, 0.05) is 24.7 Å². The first-order valence-corrected chi connectivity index (χ1v) is 9.22. The molecule has 1 fully saturated rings. The van der Waals surface area contributed by atoms with E-state index in [0.29, 0.717) is 6.04 Å². The molecule has 2 N–H and O–H groups in total. The summed E-state index contributed by atoms with van der Waals surface area (Å²) < 4.78 is 0. The summed E-state index contributed by atoms with van der Waals surface area (Å²) in [6.07, 6.45) is 15.2. The van der Waals surface area contributed by atoms with Gasteiger partial charge in [0.2, 0.25) is 0 Å². The molecule has 0 bridgehead atoms. The third-order valence-corrected chi connectivity index (χ3v) is 5.15. The Morgan fingerprint density at radius 3 is 2.25 bits per heavy atom. The van der Waals surface area contributed by atoms with E-state index in [1.54, 1.807) is 0 Å². The van der Waals surface area contributed by atoms with Crippen LogP contribution in [0.2, 0.25) is 0 Å². The minimum absolute atomic E-state index is 0.632. The van der Waals surface area contributed by atoms with Gasteiger partial charge >= 0.3 is 0 Å². The second-order valence-corrected chi connectivity index (χ2v) is 6.74. The van der Waals surface area contributed by atoms with Crippen LogP contribution >= 0.6 is 0 Å². The summed E-state index contributed by atoms with van der Waals surface area (Å²) >= 11 is 0. The highest BCUT2D eigenvalue weighted by Gasteiger charge is 2.33. The summed E-state index contributed by atoms with van der Waals surface area (Å²) in [5, 5.41) is 0. The smallest absolute Gasteiger partial charge is 0.0224 e. The lowest BCUT2D eigenvalue weighted by Gasteiger charge is -2.35. The average Bonchev–Trinajstić information content (AvgIpc) is 2.83. The molecule has 2 heteroatoms. The molecule has 2 nitrogen and oxygen atoms in total. The first-order valence-electron chi connectivity index (χ1n) is 9.22. The molecule has 120 valence electrons. The maximum absolute atomic E-state index is 6.07. The van der Waals surface area contributed by atoms with E-state index >= 15 is 0 Å². The number of rotatable bonds is 11. The zero-order valence-corrected chi connectivity index (χ0v) is 14.2. The number of hydrogen-bond acceptors (Lipinski definition) is 2. The van der Waals surface area contributed by atoms with Gasteiger partial charge in [-0.05, 0) is 32.6 Å². The Bertz CT molecular complexity index is 229. The van der Waals surface area contributed by atoms with Gasteiger partial charge in [-0.25, -0.2) is 0 Å². The summed E-state index contributed by atoms with van der Waals surface area (Å²) in [6, 6.07) is 2.18. The predicted molar refractivity (Wildman–Crippen MR) is 90.1 cm³/mol. The zero-order valence-electron chi connectivity index (χ0n) is 14.2. The van der Waals surface area contributed by atoms with Crippen LogP contribution in [0.1, 0.15) is 91.4 Å². The van der Waals surface area contributed by atoms with Crippen LogP contribution in [0, 0.1) is 0 Å². The number of hydrogen-bond donors (Lipinski definition) is 1. The third-order valence-electron chi connectivity index (χ3n) is 5.15. The van der Waals surface area contributed by atoms with Crippen molar-refractivity contribution in [3.63, 3.8) is 0 Å². The number of nitrogens with zero attached hydrogens (tertiary/aromatic N) is 1. The van der Waals surface area contributed by atoms with E-state index in [9.17, 15) is 0 Å². The molecule has 0 amide bonds. The van der Waals surface area contributed by atoms with Crippen LogP contribution in [-0.2, 0) is 0 Å². The van der Waals surface area contributed by atoms with Gasteiger partial charge in [0.25, 0.3) is 0 Å². The van der Waals surface area contributed by atoms with Gasteiger partial charge in [-0.2, -0.15) is 0 Å². The molecule has 0 radical (unpaired) electrons. The fourth-order valence-corrected chi connectivity index (χ4v) is 3.89. The summed E-state index contributed by atoms with van der Waals surface area (Å²) in [7, 11) is 0. The van der Waals surface area contributed by atoms with Gasteiger partial charge in [-0.1, -0.05) is 58.8 Å². The molecule has 1 saturated heterocycles. The number of unbranched alkanes of at least 4 members (excludes halogenated alkanes) is 6. The van der Waals surface area contributed by atoms with Crippen LogP contribution in [0.5, 0.6) is 0 Å².